The normalized spacial score (nSPS) is 12.7. The van der Waals surface area contributed by atoms with Crippen molar-refractivity contribution in [1.82, 2.24) is 4.72 Å². The van der Waals surface area contributed by atoms with E-state index in [1.165, 1.54) is 0 Å². The third-order valence-electron chi connectivity index (χ3n) is 0.936. The molecule has 0 saturated carbocycles. The molecule has 0 saturated heterocycles. The summed E-state index contributed by atoms with van der Waals surface area (Å²) >= 11 is 6.18. The molecule has 0 spiro atoms. The first kappa shape index (κ1) is 9.04. The van der Waals surface area contributed by atoms with Crippen molar-refractivity contribution in [2.75, 3.05) is 0 Å². The van der Waals surface area contributed by atoms with Crippen molar-refractivity contribution in [3.05, 3.63) is 0 Å². The Labute approximate surface area is 65.7 Å². The van der Waals surface area contributed by atoms with E-state index in [1.807, 2.05) is 0 Å². The molecule has 9 heavy (non-hydrogen) atoms. The number of thiocarbonyl (C=S) groups is 1. The number of hydrogen-bond acceptors (Lipinski definition) is 2. The highest BCUT2D eigenvalue weighted by atomic mass is 32.2. The first-order chi connectivity index (χ1) is 4.16. The van der Waals surface area contributed by atoms with E-state index in [9.17, 15) is 0 Å². The second-order valence-electron chi connectivity index (χ2n) is 1.80. The molecule has 0 aliphatic carbocycles. The third-order valence-corrected chi connectivity index (χ3v) is 2.24. The smallest absolute Gasteiger partial charge is 0.173 e. The maximum Gasteiger partial charge on any atom is 0.173 e. The predicted molar refractivity (Wildman–Crippen MR) is 47.3 cm³/mol. The van der Waals surface area contributed by atoms with Gasteiger partial charge in [-0.2, -0.15) is 0 Å². The summed E-state index contributed by atoms with van der Waals surface area (Å²) < 4.78 is 2.82. The zero-order valence-corrected chi connectivity index (χ0v) is 7.31. The lowest BCUT2D eigenvalue weighted by molar-refractivity contribution is 0.904. The first-order valence-electron chi connectivity index (χ1n) is 2.88. The van der Waals surface area contributed by atoms with E-state index < -0.39 is 0 Å². The molecule has 3 N–H and O–H groups in total. The molecule has 54 valence electrons. The Morgan fingerprint density at radius 1 is 1.89 bits per heavy atom. The maximum absolute atomic E-state index is 5.19. The molecule has 0 rings (SSSR count). The number of rotatable bonds is 3. The zero-order valence-electron chi connectivity index (χ0n) is 5.68. The van der Waals surface area contributed by atoms with Crippen molar-refractivity contribution >= 4 is 29.3 Å². The summed E-state index contributed by atoms with van der Waals surface area (Å²) in [5, 5.41) is 0.937. The molecule has 0 amide bonds. The van der Waals surface area contributed by atoms with Crippen LogP contribution in [-0.4, -0.2) is 10.4 Å². The van der Waals surface area contributed by atoms with Crippen molar-refractivity contribution in [3.8, 4) is 0 Å². The highest BCUT2D eigenvalue weighted by Crippen LogP contribution is 2.07. The van der Waals surface area contributed by atoms with Crippen LogP contribution in [0.3, 0.4) is 0 Å². The highest BCUT2D eigenvalue weighted by molar-refractivity contribution is 7.99. The van der Waals surface area contributed by atoms with Gasteiger partial charge in [0.25, 0.3) is 0 Å². The van der Waals surface area contributed by atoms with Crippen LogP contribution in [0.25, 0.3) is 0 Å². The van der Waals surface area contributed by atoms with Crippen LogP contribution in [0.15, 0.2) is 0 Å². The van der Waals surface area contributed by atoms with E-state index >= 15 is 0 Å². The van der Waals surface area contributed by atoms with Crippen LogP contribution >= 0.6 is 24.2 Å². The lowest BCUT2D eigenvalue weighted by atomic mass is 10.4. The number of nitrogens with one attached hydrogen (secondary N) is 1. The SMILES string of the molecule is CCC(C)SNC(N)=S. The van der Waals surface area contributed by atoms with Crippen LogP contribution in [0.4, 0.5) is 0 Å². The lowest BCUT2D eigenvalue weighted by Crippen LogP contribution is -2.24. The quantitative estimate of drug-likeness (QED) is 0.486. The number of nitrogens with two attached hydrogens (primary N) is 1. The van der Waals surface area contributed by atoms with E-state index in [0.717, 1.165) is 6.42 Å². The fourth-order valence-electron chi connectivity index (χ4n) is 0.242. The molecule has 0 aromatic heterocycles. The fraction of sp³-hybridized carbons (Fsp3) is 0.800. The van der Waals surface area contributed by atoms with E-state index in [4.69, 9.17) is 5.73 Å². The van der Waals surface area contributed by atoms with Crippen LogP contribution in [0.1, 0.15) is 20.3 Å². The Morgan fingerprint density at radius 3 is 2.78 bits per heavy atom. The second-order valence-corrected chi connectivity index (χ2v) is 3.49. The van der Waals surface area contributed by atoms with E-state index in [1.54, 1.807) is 11.9 Å². The molecule has 0 aromatic carbocycles. The average molecular weight is 164 g/mol. The standard InChI is InChI=1S/C5H12N2S2/c1-3-4(2)9-7-5(6)8/h4H,3H2,1-2H3,(H3,6,7,8). The minimum Gasteiger partial charge on any atom is -0.376 e. The molecular formula is C5H12N2S2. The van der Waals surface area contributed by atoms with Crippen LogP contribution in [0.5, 0.6) is 0 Å². The van der Waals surface area contributed by atoms with Crippen molar-refractivity contribution in [2.45, 2.75) is 25.5 Å². The molecule has 0 aliphatic rings. The van der Waals surface area contributed by atoms with Crippen molar-refractivity contribution < 1.29 is 0 Å². The zero-order chi connectivity index (χ0) is 7.28. The molecule has 1 atom stereocenters. The molecule has 0 fully saturated rings. The van der Waals surface area contributed by atoms with E-state index in [0.29, 0.717) is 10.4 Å². The van der Waals surface area contributed by atoms with Gasteiger partial charge in [-0.25, -0.2) is 0 Å². The molecule has 0 aliphatic heterocycles. The van der Waals surface area contributed by atoms with Gasteiger partial charge >= 0.3 is 0 Å². The molecule has 0 heterocycles. The van der Waals surface area contributed by atoms with Gasteiger partial charge in [-0.15, -0.1) is 0 Å². The Kier molecular flexibility index (Phi) is 4.90. The van der Waals surface area contributed by atoms with E-state index in [-0.39, 0.29) is 0 Å². The Balaban J connectivity index is 3.16. The second kappa shape index (κ2) is 4.88. The first-order valence-corrected chi connectivity index (χ1v) is 4.16. The van der Waals surface area contributed by atoms with Crippen LogP contribution < -0.4 is 10.5 Å². The van der Waals surface area contributed by atoms with Gasteiger partial charge in [0.05, 0.1) is 0 Å². The Bertz CT molecular complexity index is 95.0. The highest BCUT2D eigenvalue weighted by Gasteiger charge is 1.97. The third kappa shape index (κ3) is 5.92. The maximum atomic E-state index is 5.19. The van der Waals surface area contributed by atoms with Crippen molar-refractivity contribution in [1.29, 1.82) is 0 Å². The summed E-state index contributed by atoms with van der Waals surface area (Å²) in [6.07, 6.45) is 1.13. The molecule has 0 aromatic rings. The van der Waals surface area contributed by atoms with Crippen LogP contribution in [0.2, 0.25) is 0 Å². The molecular weight excluding hydrogens is 152 g/mol. The molecule has 4 heteroatoms. The van der Waals surface area contributed by atoms with Gasteiger partial charge in [0.1, 0.15) is 0 Å². The molecule has 0 radical (unpaired) electrons. The van der Waals surface area contributed by atoms with Gasteiger partial charge in [0, 0.05) is 5.25 Å². The monoisotopic (exact) mass is 164 g/mol. The van der Waals surface area contributed by atoms with Gasteiger partial charge in [0.15, 0.2) is 5.11 Å². The average Bonchev–Trinajstić information content (AvgIpc) is 1.83. The van der Waals surface area contributed by atoms with Gasteiger partial charge in [0.2, 0.25) is 0 Å². The van der Waals surface area contributed by atoms with Gasteiger partial charge in [-0.1, -0.05) is 13.8 Å². The lowest BCUT2D eigenvalue weighted by Gasteiger charge is -2.07. The van der Waals surface area contributed by atoms with Crippen molar-refractivity contribution in [3.63, 3.8) is 0 Å². The Morgan fingerprint density at radius 2 is 2.44 bits per heavy atom. The predicted octanol–water partition coefficient (Wildman–Crippen LogP) is 1.27. The number of hydrogen-bond donors (Lipinski definition) is 2. The van der Waals surface area contributed by atoms with Crippen LogP contribution in [-0.2, 0) is 0 Å². The molecule has 0 bridgehead atoms. The minimum atomic E-state index is 0.361. The summed E-state index contributed by atoms with van der Waals surface area (Å²) in [6.45, 7) is 4.24. The summed E-state index contributed by atoms with van der Waals surface area (Å²) in [7, 11) is 0. The molecule has 2 nitrogen and oxygen atoms in total. The summed E-state index contributed by atoms with van der Waals surface area (Å²) in [4.78, 5) is 0. The molecule has 1 unspecified atom stereocenters. The van der Waals surface area contributed by atoms with Crippen LogP contribution in [0, 0.1) is 0 Å². The fourth-order valence-corrected chi connectivity index (χ4v) is 0.870. The van der Waals surface area contributed by atoms with Crippen molar-refractivity contribution in [2.24, 2.45) is 5.73 Å². The summed E-state index contributed by atoms with van der Waals surface area (Å²) in [5.74, 6) is 0. The van der Waals surface area contributed by atoms with Gasteiger partial charge in [-0.3, -0.25) is 0 Å². The topological polar surface area (TPSA) is 38.0 Å². The van der Waals surface area contributed by atoms with E-state index in [2.05, 4.69) is 30.8 Å². The summed E-state index contributed by atoms with van der Waals surface area (Å²) in [5.41, 5.74) is 5.19. The largest absolute Gasteiger partial charge is 0.376 e. The summed E-state index contributed by atoms with van der Waals surface area (Å²) in [6, 6.07) is 0. The Hall–Kier alpha value is 0.0400. The van der Waals surface area contributed by atoms with Gasteiger partial charge in [-0.05, 0) is 30.6 Å². The van der Waals surface area contributed by atoms with Gasteiger partial charge < -0.3 is 10.5 Å². The minimum absolute atomic E-state index is 0.361.